The molecule has 0 saturated heterocycles. The first-order valence-electron chi connectivity index (χ1n) is 13.0. The highest BCUT2D eigenvalue weighted by molar-refractivity contribution is 5.94. The highest BCUT2D eigenvalue weighted by Crippen LogP contribution is 2.54. The number of hydrazone groups is 1. The van der Waals surface area contributed by atoms with Gasteiger partial charge in [-0.3, -0.25) is 4.79 Å². The van der Waals surface area contributed by atoms with E-state index in [1.54, 1.807) is 11.8 Å². The molecule has 0 spiro atoms. The Balaban J connectivity index is 1.11. The van der Waals surface area contributed by atoms with E-state index in [-0.39, 0.29) is 24.7 Å². The van der Waals surface area contributed by atoms with Crippen LogP contribution >= 0.6 is 0 Å². The van der Waals surface area contributed by atoms with Gasteiger partial charge in [0, 0.05) is 31.5 Å². The molecule has 10 heteroatoms. The molecule has 0 fully saturated rings. The lowest BCUT2D eigenvalue weighted by Crippen LogP contribution is -2.24. The van der Waals surface area contributed by atoms with Crippen molar-refractivity contribution in [3.05, 3.63) is 112 Å². The molecule has 2 bridgehead atoms. The van der Waals surface area contributed by atoms with Crippen molar-refractivity contribution >= 4 is 11.6 Å². The number of allylic oxidation sites excluding steroid dienone is 2. The second-order valence-corrected chi connectivity index (χ2v) is 10.1. The summed E-state index contributed by atoms with van der Waals surface area (Å²) in [6.45, 7) is 4.92. The summed E-state index contributed by atoms with van der Waals surface area (Å²) in [5.41, 5.74) is 9.71. The Morgan fingerprint density at radius 2 is 1.82 bits per heavy atom. The van der Waals surface area contributed by atoms with E-state index in [4.69, 9.17) is 9.47 Å². The maximum atomic E-state index is 13.3. The van der Waals surface area contributed by atoms with Crippen molar-refractivity contribution in [2.75, 3.05) is 7.11 Å². The summed E-state index contributed by atoms with van der Waals surface area (Å²) in [4.78, 5) is 13.3. The number of fused-ring (bicyclic) bond motifs is 8. The molecule has 7 rings (SSSR count). The third kappa shape index (κ3) is 4.02. The fourth-order valence-electron chi connectivity index (χ4n) is 5.67. The van der Waals surface area contributed by atoms with Crippen LogP contribution in [0.1, 0.15) is 69.8 Å². The number of ether oxygens (including phenoxy) is 2. The monoisotopic (exact) mass is 532 g/mol. The van der Waals surface area contributed by atoms with Gasteiger partial charge in [-0.2, -0.15) is 0 Å². The molecule has 3 aliphatic heterocycles. The Labute approximate surface area is 230 Å². The van der Waals surface area contributed by atoms with Gasteiger partial charge in [0.05, 0.1) is 19.3 Å². The van der Waals surface area contributed by atoms with E-state index in [0.717, 1.165) is 44.9 Å². The predicted molar refractivity (Wildman–Crippen MR) is 146 cm³/mol. The maximum Gasteiger partial charge on any atom is 0.309 e. The van der Waals surface area contributed by atoms with Gasteiger partial charge >= 0.3 is 11.8 Å². The minimum atomic E-state index is -0.195. The summed E-state index contributed by atoms with van der Waals surface area (Å²) in [6, 6.07) is 17.9. The van der Waals surface area contributed by atoms with Gasteiger partial charge in [-0.05, 0) is 68.6 Å². The molecule has 1 N–H and O–H groups in total. The summed E-state index contributed by atoms with van der Waals surface area (Å²) < 4.78 is 13.3. The minimum Gasteiger partial charge on any atom is -0.497 e. The quantitative estimate of drug-likeness (QED) is 0.358. The van der Waals surface area contributed by atoms with Crippen LogP contribution in [0.5, 0.6) is 5.75 Å². The number of carbonyl (C=O) groups excluding carboxylic acids is 1. The van der Waals surface area contributed by atoms with E-state index >= 15 is 0 Å². The lowest BCUT2D eigenvalue weighted by Gasteiger charge is -2.18. The van der Waals surface area contributed by atoms with Crippen molar-refractivity contribution in [1.29, 1.82) is 0 Å². The number of tetrazole rings is 1. The molecule has 0 radical (unpaired) electrons. The number of nitrogens with one attached hydrogen (secondary N) is 1. The molecular formula is C30H26N7O3+. The molecule has 1 aromatic heterocycles. The maximum absolute atomic E-state index is 13.3. The average Bonchev–Trinajstić information content (AvgIpc) is 3.76. The second-order valence-electron chi connectivity index (χ2n) is 10.1. The lowest BCUT2D eigenvalue weighted by atomic mass is 9.84. The molecule has 0 saturated carbocycles. The third-order valence-electron chi connectivity index (χ3n) is 7.58. The molecule has 0 aliphatic carbocycles. The Morgan fingerprint density at radius 3 is 2.58 bits per heavy atom. The van der Waals surface area contributed by atoms with E-state index in [2.05, 4.69) is 50.2 Å². The number of hydrogen-bond donors (Lipinski definition) is 1. The van der Waals surface area contributed by atoms with Crippen LogP contribution in [0, 0.1) is 6.08 Å². The molecule has 2 unspecified atom stereocenters. The molecule has 10 nitrogen and oxygen atoms in total. The number of rotatable bonds is 7. The van der Waals surface area contributed by atoms with E-state index in [9.17, 15) is 4.79 Å². The number of benzene rings is 3. The topological polar surface area (TPSA) is 107 Å². The molecule has 4 aromatic rings. The second kappa shape index (κ2) is 9.37. The Bertz CT molecular complexity index is 1710. The average molecular weight is 533 g/mol. The molecule has 3 aromatic carbocycles. The number of aromatic nitrogens is 4. The van der Waals surface area contributed by atoms with Crippen LogP contribution in [0.2, 0.25) is 0 Å². The first-order chi connectivity index (χ1) is 19.5. The van der Waals surface area contributed by atoms with Gasteiger partial charge in [0.25, 0.3) is 11.6 Å². The van der Waals surface area contributed by atoms with E-state index < -0.39 is 0 Å². The van der Waals surface area contributed by atoms with Gasteiger partial charge in [0.1, 0.15) is 24.3 Å². The number of hydrogen-bond acceptors (Lipinski definition) is 8. The molecule has 40 heavy (non-hydrogen) atoms. The van der Waals surface area contributed by atoms with Crippen LogP contribution in [0.25, 0.3) is 5.69 Å². The zero-order valence-electron chi connectivity index (χ0n) is 22.3. The van der Waals surface area contributed by atoms with Crippen molar-refractivity contribution in [1.82, 2.24) is 30.5 Å². The van der Waals surface area contributed by atoms with Crippen LogP contribution < -0.4 is 10.1 Å². The van der Waals surface area contributed by atoms with Crippen molar-refractivity contribution in [2.24, 2.45) is 5.10 Å². The standard InChI is InChI=1S/C30H25N7O3/c1-17-10-18(2)36(33-17)15-19-4-7-23-25(11-19)29-26-13-20(5-8-24(26)28(23)40-29)30(38)31-14-21-12-22(39-3)6-9-27(21)37-16-32-34-35-37/h4-9,11-13,16,28-29H,14-15H2,1-3H3/p+1. The van der Waals surface area contributed by atoms with Crippen LogP contribution in [-0.4, -0.2) is 43.9 Å². The van der Waals surface area contributed by atoms with Crippen LogP contribution in [0.15, 0.2) is 71.7 Å². The van der Waals surface area contributed by atoms with Crippen molar-refractivity contribution in [2.45, 2.75) is 39.1 Å². The van der Waals surface area contributed by atoms with Crippen LogP contribution in [-0.2, 0) is 17.8 Å². The van der Waals surface area contributed by atoms with Gasteiger partial charge in [-0.15, -0.1) is 10.2 Å². The van der Waals surface area contributed by atoms with Gasteiger partial charge < -0.3 is 14.8 Å². The van der Waals surface area contributed by atoms with E-state index in [1.807, 2.05) is 55.3 Å². The van der Waals surface area contributed by atoms with Crippen LogP contribution in [0.3, 0.4) is 0 Å². The fourth-order valence-corrected chi connectivity index (χ4v) is 5.67. The SMILES string of the molecule is COc1ccc(-n2cnnn2)c(CNC(=O)c2ccc3c(c2)C2OC3c3ccc(CN4N=C(C)[C+]=C4C)cc32)c1. The van der Waals surface area contributed by atoms with Crippen molar-refractivity contribution in [3.8, 4) is 11.4 Å². The van der Waals surface area contributed by atoms with Crippen molar-refractivity contribution < 1.29 is 14.3 Å². The number of amides is 1. The Hall–Kier alpha value is -4.92. The fraction of sp³-hybridized carbons (Fsp3) is 0.233. The number of nitrogens with zero attached hydrogens (tertiary/aromatic N) is 6. The predicted octanol–water partition coefficient (Wildman–Crippen LogP) is 4.02. The molecule has 198 valence electrons. The molecule has 3 aliphatic rings. The summed E-state index contributed by atoms with van der Waals surface area (Å²) in [6.07, 6.45) is 4.45. The number of methoxy groups -OCH3 is 1. The zero-order valence-corrected chi connectivity index (χ0v) is 22.3. The van der Waals surface area contributed by atoms with Gasteiger partial charge in [0.2, 0.25) is 0 Å². The normalized spacial score (nSPS) is 18.1. The summed E-state index contributed by atoms with van der Waals surface area (Å²) in [7, 11) is 1.60. The summed E-state index contributed by atoms with van der Waals surface area (Å²) in [5.74, 6) is 0.506. The minimum absolute atomic E-state index is 0.112. The van der Waals surface area contributed by atoms with Gasteiger partial charge in [-0.25, -0.2) is 9.69 Å². The van der Waals surface area contributed by atoms with Gasteiger partial charge in [-0.1, -0.05) is 24.3 Å². The van der Waals surface area contributed by atoms with Crippen molar-refractivity contribution in [3.63, 3.8) is 0 Å². The van der Waals surface area contributed by atoms with Gasteiger partial charge in [0.15, 0.2) is 0 Å². The zero-order chi connectivity index (χ0) is 27.4. The largest absolute Gasteiger partial charge is 0.497 e. The third-order valence-corrected chi connectivity index (χ3v) is 7.58. The smallest absolute Gasteiger partial charge is 0.309 e. The first-order valence-corrected chi connectivity index (χ1v) is 13.0. The number of carbonyl (C=O) groups is 1. The highest BCUT2D eigenvalue weighted by Gasteiger charge is 2.43. The highest BCUT2D eigenvalue weighted by atomic mass is 16.5. The summed E-state index contributed by atoms with van der Waals surface area (Å²) in [5, 5.41) is 21.0. The first kappa shape index (κ1) is 24.1. The molecular weight excluding hydrogens is 506 g/mol. The summed E-state index contributed by atoms with van der Waals surface area (Å²) >= 11 is 0. The van der Waals surface area contributed by atoms with E-state index in [0.29, 0.717) is 17.9 Å². The molecule has 4 heterocycles. The Morgan fingerprint density at radius 1 is 1.02 bits per heavy atom. The lowest BCUT2D eigenvalue weighted by molar-refractivity contribution is 0.0857. The molecule has 2 atom stereocenters. The van der Waals surface area contributed by atoms with E-state index in [1.165, 1.54) is 11.9 Å². The molecule has 1 amide bonds. The van der Waals surface area contributed by atoms with Crippen LogP contribution in [0.4, 0.5) is 0 Å². The Kier molecular flexibility index (Phi) is 5.66.